The molecule has 2 aromatic carbocycles. The van der Waals surface area contributed by atoms with E-state index in [9.17, 15) is 9.90 Å². The maximum absolute atomic E-state index is 11.2. The first-order valence-corrected chi connectivity index (χ1v) is 10.2. The van der Waals surface area contributed by atoms with Gasteiger partial charge in [0.2, 0.25) is 0 Å². The van der Waals surface area contributed by atoms with Crippen molar-refractivity contribution in [2.45, 2.75) is 38.8 Å². The van der Waals surface area contributed by atoms with Gasteiger partial charge in [0.25, 0.3) is 0 Å². The number of aromatic hydroxyl groups is 1. The molecule has 29 heavy (non-hydrogen) atoms. The van der Waals surface area contributed by atoms with E-state index in [1.54, 1.807) is 12.1 Å². The Morgan fingerprint density at radius 2 is 2.14 bits per heavy atom. The van der Waals surface area contributed by atoms with Gasteiger partial charge < -0.3 is 19.9 Å². The highest BCUT2D eigenvalue weighted by atomic mass is 16.6. The van der Waals surface area contributed by atoms with Crippen molar-refractivity contribution in [2.75, 3.05) is 26.3 Å². The average Bonchev–Trinajstić information content (AvgIpc) is 3.36. The van der Waals surface area contributed by atoms with Gasteiger partial charge in [0.15, 0.2) is 0 Å². The number of phenols is 1. The fraction of sp³-hybridized carbons (Fsp3) is 0.435. The maximum atomic E-state index is 11.2. The van der Waals surface area contributed by atoms with E-state index >= 15 is 0 Å². The van der Waals surface area contributed by atoms with Crippen molar-refractivity contribution in [3.8, 4) is 11.5 Å². The molecule has 0 saturated carbocycles. The zero-order valence-electron chi connectivity index (χ0n) is 16.7. The number of aryl methyl sites for hydroxylation is 1. The number of alkyl carbamates (subject to hydrolysis) is 1. The van der Waals surface area contributed by atoms with Crippen molar-refractivity contribution in [2.24, 2.45) is 0 Å². The van der Waals surface area contributed by atoms with Gasteiger partial charge in [0.1, 0.15) is 30.8 Å². The number of carbonyl (C=O) groups excluding carboxylic acids is 1. The summed E-state index contributed by atoms with van der Waals surface area (Å²) in [5.74, 6) is 0.678. The van der Waals surface area contributed by atoms with Gasteiger partial charge in [-0.25, -0.2) is 4.79 Å². The molecule has 2 heterocycles. The van der Waals surface area contributed by atoms with Crippen molar-refractivity contribution in [1.82, 2.24) is 10.2 Å². The number of phenolic OH excluding ortho intramolecular Hbond substituents is 1. The predicted molar refractivity (Wildman–Crippen MR) is 109 cm³/mol. The highest BCUT2D eigenvalue weighted by molar-refractivity contribution is 5.69. The van der Waals surface area contributed by atoms with Crippen molar-refractivity contribution >= 4 is 6.09 Å². The maximum Gasteiger partial charge on any atom is 0.407 e. The molecule has 2 saturated heterocycles. The number of benzene rings is 2. The number of ether oxygens (including phenoxy) is 2. The first-order chi connectivity index (χ1) is 14.1. The second kappa shape index (κ2) is 8.74. The minimum absolute atomic E-state index is 0.104. The van der Waals surface area contributed by atoms with Crippen molar-refractivity contribution in [3.05, 3.63) is 58.7 Å². The van der Waals surface area contributed by atoms with E-state index in [-0.39, 0.29) is 25.0 Å². The SMILES string of the molecule is Cc1cc(Cc2[c]cc(O)cc2OCC2COC(=O)N2)ccc1CN1CCCC1. The number of carbonyl (C=O) groups is 1. The lowest BCUT2D eigenvalue weighted by Gasteiger charge is -2.17. The molecule has 4 rings (SSSR count). The molecule has 2 aromatic rings. The van der Waals surface area contributed by atoms with Crippen LogP contribution in [0.15, 0.2) is 30.3 Å². The molecule has 2 aliphatic heterocycles. The van der Waals surface area contributed by atoms with Gasteiger partial charge in [-0.05, 0) is 61.7 Å². The summed E-state index contributed by atoms with van der Waals surface area (Å²) in [6.45, 7) is 6.13. The van der Waals surface area contributed by atoms with E-state index in [1.807, 2.05) is 0 Å². The monoisotopic (exact) mass is 395 g/mol. The molecule has 2 fully saturated rings. The quantitative estimate of drug-likeness (QED) is 0.754. The van der Waals surface area contributed by atoms with E-state index < -0.39 is 6.09 Å². The van der Waals surface area contributed by atoms with Crippen LogP contribution < -0.4 is 10.1 Å². The third-order valence-electron chi connectivity index (χ3n) is 5.53. The molecule has 1 amide bonds. The van der Waals surface area contributed by atoms with Crippen LogP contribution >= 0.6 is 0 Å². The number of hydrogen-bond donors (Lipinski definition) is 2. The topological polar surface area (TPSA) is 71.0 Å². The van der Waals surface area contributed by atoms with Gasteiger partial charge in [-0.2, -0.15) is 0 Å². The number of nitrogens with zero attached hydrogens (tertiary/aromatic N) is 1. The van der Waals surface area contributed by atoms with Gasteiger partial charge in [-0.3, -0.25) is 4.90 Å². The van der Waals surface area contributed by atoms with Gasteiger partial charge in [0.05, 0.1) is 0 Å². The van der Waals surface area contributed by atoms with Crippen LogP contribution in [-0.4, -0.2) is 48.4 Å². The number of cyclic esters (lactones) is 1. The second-order valence-electron chi connectivity index (χ2n) is 7.87. The van der Waals surface area contributed by atoms with Gasteiger partial charge in [-0.15, -0.1) is 0 Å². The van der Waals surface area contributed by atoms with Crippen molar-refractivity contribution in [3.63, 3.8) is 0 Å². The van der Waals surface area contributed by atoms with Crippen molar-refractivity contribution < 1.29 is 19.4 Å². The molecule has 1 atom stereocenters. The third kappa shape index (κ3) is 5.01. The number of rotatable bonds is 7. The van der Waals surface area contributed by atoms with E-state index in [1.165, 1.54) is 42.6 Å². The summed E-state index contributed by atoms with van der Waals surface area (Å²) in [5.41, 5.74) is 4.72. The Bertz CT molecular complexity index is 877. The number of nitrogens with one attached hydrogen (secondary N) is 1. The summed E-state index contributed by atoms with van der Waals surface area (Å²) in [4.78, 5) is 13.7. The molecule has 0 bridgehead atoms. The summed E-state index contributed by atoms with van der Waals surface area (Å²) in [7, 11) is 0. The zero-order chi connectivity index (χ0) is 20.2. The van der Waals surface area contributed by atoms with E-state index in [0.717, 1.165) is 12.1 Å². The Morgan fingerprint density at radius 3 is 2.86 bits per heavy atom. The summed E-state index contributed by atoms with van der Waals surface area (Å²) in [6, 6.07) is 12.7. The fourth-order valence-corrected chi connectivity index (χ4v) is 3.90. The van der Waals surface area contributed by atoms with E-state index in [4.69, 9.17) is 9.47 Å². The third-order valence-corrected chi connectivity index (χ3v) is 5.53. The summed E-state index contributed by atoms with van der Waals surface area (Å²) < 4.78 is 10.8. The van der Waals surface area contributed by atoms with Crippen LogP contribution in [0.5, 0.6) is 11.5 Å². The molecular formula is C23H27N2O4. The van der Waals surface area contributed by atoms with Gasteiger partial charge in [0, 0.05) is 24.6 Å². The Morgan fingerprint density at radius 1 is 1.31 bits per heavy atom. The zero-order valence-corrected chi connectivity index (χ0v) is 16.7. The largest absolute Gasteiger partial charge is 0.508 e. The lowest BCUT2D eigenvalue weighted by atomic mass is 9.99. The molecule has 0 aromatic heterocycles. The smallest absolute Gasteiger partial charge is 0.407 e. The fourth-order valence-electron chi connectivity index (χ4n) is 3.90. The summed E-state index contributed by atoms with van der Waals surface area (Å²) in [6.07, 6.45) is 2.83. The number of amides is 1. The molecule has 6 nitrogen and oxygen atoms in total. The molecule has 2 N–H and O–H groups in total. The summed E-state index contributed by atoms with van der Waals surface area (Å²) in [5, 5.41) is 12.5. The Labute approximate surface area is 171 Å². The normalized spacial score (nSPS) is 19.2. The Hall–Kier alpha value is -2.73. The van der Waals surface area contributed by atoms with Crippen LogP contribution in [0.3, 0.4) is 0 Å². The predicted octanol–water partition coefficient (Wildman–Crippen LogP) is 3.17. The molecule has 2 aliphatic rings. The standard InChI is InChI=1S/C23H27N2O4/c1-16-10-17(4-5-19(16)13-25-8-2-3-9-25)11-18-6-7-21(26)12-22(18)28-14-20-15-29-23(27)24-20/h4-5,7,10,12,20,26H,2-3,8-9,11,13-15H2,1H3,(H,24,27). The summed E-state index contributed by atoms with van der Waals surface area (Å²) >= 11 is 0. The molecule has 153 valence electrons. The van der Waals surface area contributed by atoms with Crippen LogP contribution in [0.2, 0.25) is 0 Å². The molecule has 6 heteroatoms. The number of hydrogen-bond acceptors (Lipinski definition) is 5. The Kier molecular flexibility index (Phi) is 5.90. The molecule has 1 radical (unpaired) electrons. The molecule has 0 spiro atoms. The first kappa shape index (κ1) is 19.6. The van der Waals surface area contributed by atoms with Crippen LogP contribution in [0.25, 0.3) is 0 Å². The Balaban J connectivity index is 1.44. The lowest BCUT2D eigenvalue weighted by molar-refractivity contribution is 0.174. The van der Waals surface area contributed by atoms with Crippen molar-refractivity contribution in [1.29, 1.82) is 0 Å². The highest BCUT2D eigenvalue weighted by Crippen LogP contribution is 2.27. The van der Waals surface area contributed by atoms with Gasteiger partial charge in [-0.1, -0.05) is 18.2 Å². The van der Waals surface area contributed by atoms with E-state index in [2.05, 4.69) is 41.4 Å². The van der Waals surface area contributed by atoms with Crippen LogP contribution in [0.4, 0.5) is 4.79 Å². The second-order valence-corrected chi connectivity index (χ2v) is 7.87. The molecular weight excluding hydrogens is 368 g/mol. The molecule has 1 unspecified atom stereocenters. The highest BCUT2D eigenvalue weighted by Gasteiger charge is 2.23. The number of likely N-dealkylation sites (tertiary alicyclic amines) is 1. The van der Waals surface area contributed by atoms with Crippen LogP contribution in [-0.2, 0) is 17.7 Å². The minimum atomic E-state index is -0.425. The lowest BCUT2D eigenvalue weighted by Crippen LogP contribution is -2.32. The molecule has 0 aliphatic carbocycles. The van der Waals surface area contributed by atoms with E-state index in [0.29, 0.717) is 12.2 Å². The first-order valence-electron chi connectivity index (χ1n) is 10.2. The average molecular weight is 395 g/mol. The minimum Gasteiger partial charge on any atom is -0.508 e. The van der Waals surface area contributed by atoms with Gasteiger partial charge >= 0.3 is 6.09 Å². The van der Waals surface area contributed by atoms with Crippen LogP contribution in [0, 0.1) is 13.0 Å². The van der Waals surface area contributed by atoms with Crippen LogP contribution in [0.1, 0.15) is 35.1 Å².